The standard InChI is InChI=1S/C25H20N6O4/c1-14-5-3-6-16(15(14)2)12-20-22(28-24-23(27-20)30-35-31-24)29-26-13-19-9-10-21(34-19)17-7-4-8-18(11-17)25(32)33/h3-11,13H,12H2,1-2H3,(H,32,33)(H,28,29,31)/b26-13+. The number of furan rings is 1. The number of hydrogen-bond donors (Lipinski definition) is 2. The predicted octanol–water partition coefficient (Wildman–Crippen LogP) is 4.62. The van der Waals surface area contributed by atoms with Gasteiger partial charge < -0.3 is 9.52 Å². The molecule has 3 aromatic heterocycles. The van der Waals surface area contributed by atoms with Crippen molar-refractivity contribution in [1.29, 1.82) is 0 Å². The molecule has 0 amide bonds. The molecular formula is C25H20N6O4. The van der Waals surface area contributed by atoms with Gasteiger partial charge in [0.05, 0.1) is 17.5 Å². The Morgan fingerprint density at radius 3 is 2.69 bits per heavy atom. The molecule has 0 aliphatic heterocycles. The van der Waals surface area contributed by atoms with E-state index in [1.807, 2.05) is 12.1 Å². The van der Waals surface area contributed by atoms with Crippen LogP contribution in [0.15, 0.2) is 68.7 Å². The van der Waals surface area contributed by atoms with E-state index in [0.29, 0.717) is 40.7 Å². The monoisotopic (exact) mass is 468 g/mol. The predicted molar refractivity (Wildman–Crippen MR) is 128 cm³/mol. The van der Waals surface area contributed by atoms with E-state index in [0.717, 1.165) is 5.56 Å². The van der Waals surface area contributed by atoms with Gasteiger partial charge in [-0.1, -0.05) is 30.3 Å². The average molecular weight is 468 g/mol. The largest absolute Gasteiger partial charge is 0.478 e. The highest BCUT2D eigenvalue weighted by Crippen LogP contribution is 2.24. The molecule has 35 heavy (non-hydrogen) atoms. The van der Waals surface area contributed by atoms with E-state index in [2.05, 4.69) is 50.7 Å². The highest BCUT2D eigenvalue weighted by atomic mass is 16.6. The second kappa shape index (κ2) is 9.18. The van der Waals surface area contributed by atoms with Gasteiger partial charge in [0.2, 0.25) is 11.3 Å². The molecule has 0 fully saturated rings. The quantitative estimate of drug-likeness (QED) is 0.258. The third-order valence-electron chi connectivity index (χ3n) is 5.64. The Hall–Kier alpha value is -4.86. The number of carboxylic acid groups (broad SMARTS) is 1. The third-order valence-corrected chi connectivity index (χ3v) is 5.64. The van der Waals surface area contributed by atoms with Crippen LogP contribution in [0.25, 0.3) is 22.6 Å². The van der Waals surface area contributed by atoms with E-state index in [1.165, 1.54) is 23.4 Å². The van der Waals surface area contributed by atoms with Crippen LogP contribution in [-0.2, 0) is 6.42 Å². The number of hydrogen-bond acceptors (Lipinski definition) is 9. The van der Waals surface area contributed by atoms with Crippen molar-refractivity contribution in [3.63, 3.8) is 0 Å². The number of nitrogens with zero attached hydrogens (tertiary/aromatic N) is 5. The van der Waals surface area contributed by atoms with Crippen molar-refractivity contribution in [3.05, 3.63) is 88.3 Å². The molecule has 0 saturated heterocycles. The van der Waals surface area contributed by atoms with Gasteiger partial charge in [-0.15, -0.1) is 0 Å². The molecule has 0 unspecified atom stereocenters. The van der Waals surface area contributed by atoms with E-state index >= 15 is 0 Å². The first-order chi connectivity index (χ1) is 17.0. The van der Waals surface area contributed by atoms with Gasteiger partial charge in [0.15, 0.2) is 5.82 Å². The normalized spacial score (nSPS) is 11.4. The number of aromatic carboxylic acids is 1. The summed E-state index contributed by atoms with van der Waals surface area (Å²) in [6.07, 6.45) is 2.02. The fourth-order valence-corrected chi connectivity index (χ4v) is 3.61. The van der Waals surface area contributed by atoms with Crippen molar-refractivity contribution in [3.8, 4) is 11.3 Å². The van der Waals surface area contributed by atoms with Crippen LogP contribution in [0.5, 0.6) is 0 Å². The van der Waals surface area contributed by atoms with E-state index < -0.39 is 5.97 Å². The Labute approximate surface area is 199 Å². The summed E-state index contributed by atoms with van der Waals surface area (Å²) in [5, 5.41) is 21.0. The minimum atomic E-state index is -0.999. The number of benzene rings is 2. The average Bonchev–Trinajstić information content (AvgIpc) is 3.51. The van der Waals surface area contributed by atoms with Gasteiger partial charge in [0.25, 0.3) is 0 Å². The number of aromatic nitrogens is 4. The van der Waals surface area contributed by atoms with Crippen LogP contribution in [0.1, 0.15) is 38.5 Å². The molecule has 0 atom stereocenters. The molecule has 5 rings (SSSR count). The zero-order valence-electron chi connectivity index (χ0n) is 18.9. The molecule has 5 aromatic rings. The van der Waals surface area contributed by atoms with Crippen molar-refractivity contribution < 1.29 is 18.9 Å². The Morgan fingerprint density at radius 2 is 1.86 bits per heavy atom. The van der Waals surface area contributed by atoms with Crippen molar-refractivity contribution in [2.75, 3.05) is 5.43 Å². The van der Waals surface area contributed by atoms with Gasteiger partial charge in [-0.2, -0.15) is 5.10 Å². The van der Waals surface area contributed by atoms with Gasteiger partial charge in [-0.25, -0.2) is 19.4 Å². The molecule has 0 radical (unpaired) electrons. The van der Waals surface area contributed by atoms with Gasteiger partial charge in [-0.3, -0.25) is 5.43 Å². The zero-order chi connectivity index (χ0) is 24.4. The summed E-state index contributed by atoms with van der Waals surface area (Å²) in [4.78, 5) is 20.2. The van der Waals surface area contributed by atoms with E-state index in [-0.39, 0.29) is 11.2 Å². The summed E-state index contributed by atoms with van der Waals surface area (Å²) >= 11 is 0. The van der Waals surface area contributed by atoms with Crippen LogP contribution in [0, 0.1) is 13.8 Å². The Balaban J connectivity index is 1.39. The number of nitrogens with one attached hydrogen (secondary N) is 1. The SMILES string of the molecule is Cc1cccc(Cc2nc3nonc3nc2N/N=C/c2ccc(-c3cccc(C(=O)O)c3)o2)c1C. The van der Waals surface area contributed by atoms with E-state index in [4.69, 9.17) is 9.05 Å². The first-order valence-electron chi connectivity index (χ1n) is 10.7. The summed E-state index contributed by atoms with van der Waals surface area (Å²) in [5.41, 5.74) is 8.47. The molecule has 3 heterocycles. The van der Waals surface area contributed by atoms with Crippen molar-refractivity contribution in [2.24, 2.45) is 5.10 Å². The number of rotatable bonds is 7. The van der Waals surface area contributed by atoms with Crippen LogP contribution < -0.4 is 5.43 Å². The smallest absolute Gasteiger partial charge is 0.335 e. The Kier molecular flexibility index (Phi) is 5.76. The minimum absolute atomic E-state index is 0.184. The van der Waals surface area contributed by atoms with Crippen molar-refractivity contribution >= 4 is 29.3 Å². The lowest BCUT2D eigenvalue weighted by atomic mass is 9.99. The summed E-state index contributed by atoms with van der Waals surface area (Å²) in [6, 6.07) is 16.1. The summed E-state index contributed by atoms with van der Waals surface area (Å²) in [6.45, 7) is 4.13. The molecule has 10 heteroatoms. The number of aryl methyl sites for hydroxylation is 1. The molecule has 2 aromatic carbocycles. The lowest BCUT2D eigenvalue weighted by molar-refractivity contribution is 0.0697. The number of anilines is 1. The Morgan fingerprint density at radius 1 is 1.06 bits per heavy atom. The molecular weight excluding hydrogens is 448 g/mol. The molecule has 2 N–H and O–H groups in total. The lowest BCUT2D eigenvalue weighted by Gasteiger charge is -2.10. The minimum Gasteiger partial charge on any atom is -0.478 e. The van der Waals surface area contributed by atoms with Gasteiger partial charge >= 0.3 is 5.97 Å². The highest BCUT2D eigenvalue weighted by Gasteiger charge is 2.14. The lowest BCUT2D eigenvalue weighted by Crippen LogP contribution is -2.05. The number of hydrazone groups is 1. The zero-order valence-corrected chi connectivity index (χ0v) is 18.9. The molecule has 0 aliphatic carbocycles. The highest BCUT2D eigenvalue weighted by molar-refractivity contribution is 5.89. The van der Waals surface area contributed by atoms with Crippen LogP contribution in [0.4, 0.5) is 5.82 Å². The van der Waals surface area contributed by atoms with Crippen LogP contribution >= 0.6 is 0 Å². The van der Waals surface area contributed by atoms with Gasteiger partial charge in [0, 0.05) is 12.0 Å². The summed E-state index contributed by atoms with van der Waals surface area (Å²) in [7, 11) is 0. The maximum atomic E-state index is 11.2. The molecule has 174 valence electrons. The van der Waals surface area contributed by atoms with Crippen LogP contribution in [0.2, 0.25) is 0 Å². The molecule has 0 saturated carbocycles. The summed E-state index contributed by atoms with van der Waals surface area (Å²) < 4.78 is 10.6. The second-order valence-electron chi connectivity index (χ2n) is 7.92. The number of carboxylic acids is 1. The van der Waals surface area contributed by atoms with Crippen molar-refractivity contribution in [1.82, 2.24) is 20.3 Å². The van der Waals surface area contributed by atoms with Crippen LogP contribution in [0.3, 0.4) is 0 Å². The van der Waals surface area contributed by atoms with E-state index in [1.54, 1.807) is 30.3 Å². The topological polar surface area (TPSA) is 140 Å². The number of fused-ring (bicyclic) bond motifs is 1. The fraction of sp³-hybridized carbons (Fsp3) is 0.120. The van der Waals surface area contributed by atoms with Gasteiger partial charge in [0.1, 0.15) is 11.5 Å². The second-order valence-corrected chi connectivity index (χ2v) is 7.92. The number of carbonyl (C=O) groups is 1. The maximum absolute atomic E-state index is 11.2. The summed E-state index contributed by atoms with van der Waals surface area (Å²) in [5.74, 6) is 0.425. The van der Waals surface area contributed by atoms with Gasteiger partial charge in [-0.05, 0) is 65.1 Å². The van der Waals surface area contributed by atoms with E-state index in [9.17, 15) is 9.90 Å². The van der Waals surface area contributed by atoms with Crippen molar-refractivity contribution in [2.45, 2.75) is 20.3 Å². The first-order valence-corrected chi connectivity index (χ1v) is 10.7. The Bertz CT molecular complexity index is 1570. The maximum Gasteiger partial charge on any atom is 0.335 e. The molecule has 10 nitrogen and oxygen atoms in total. The molecule has 0 aliphatic rings. The third kappa shape index (κ3) is 4.62. The fourth-order valence-electron chi connectivity index (χ4n) is 3.61. The molecule has 0 bridgehead atoms. The van der Waals surface area contributed by atoms with Crippen LogP contribution in [-0.4, -0.2) is 37.6 Å². The molecule has 0 spiro atoms. The first kappa shape index (κ1) is 22.0.